The van der Waals surface area contributed by atoms with Crippen LogP contribution in [0.1, 0.15) is 78.3 Å². The minimum Gasteiger partial charge on any atom is -0.389 e. The Morgan fingerprint density at radius 1 is 1.25 bits per heavy atom. The van der Waals surface area contributed by atoms with Crippen LogP contribution in [-0.4, -0.2) is 66.3 Å². The zero-order valence-corrected chi connectivity index (χ0v) is 28.0. The summed E-state index contributed by atoms with van der Waals surface area (Å²) in [6.07, 6.45) is 12.1. The van der Waals surface area contributed by atoms with Crippen LogP contribution in [0.25, 0.3) is 28.2 Å². The van der Waals surface area contributed by atoms with E-state index in [0.29, 0.717) is 56.2 Å². The second-order valence-electron chi connectivity index (χ2n) is 13.4. The highest BCUT2D eigenvalue weighted by atomic mass is 32.1. The molecule has 1 aliphatic heterocycles. The largest absolute Gasteiger partial charge is 0.389 e. The molecule has 0 aromatic carbocycles. The molecule has 14 heteroatoms. The summed E-state index contributed by atoms with van der Waals surface area (Å²) in [6.45, 7) is 3.16. The number of likely N-dealkylation sites (tertiary alicyclic amines) is 1. The lowest BCUT2D eigenvalue weighted by atomic mass is 9.63. The number of pyridine rings is 1. The van der Waals surface area contributed by atoms with E-state index in [4.69, 9.17) is 25.6 Å². The van der Waals surface area contributed by atoms with Gasteiger partial charge in [-0.3, -0.25) is 4.79 Å². The van der Waals surface area contributed by atoms with E-state index in [0.717, 1.165) is 79.7 Å². The number of nitrogens with two attached hydrogens (primary N) is 1. The van der Waals surface area contributed by atoms with E-state index in [1.165, 1.54) is 22.1 Å². The molecule has 0 radical (unpaired) electrons. The van der Waals surface area contributed by atoms with Gasteiger partial charge in [-0.25, -0.2) is 14.6 Å². The summed E-state index contributed by atoms with van der Waals surface area (Å²) in [5.41, 5.74) is 9.46. The predicted molar refractivity (Wildman–Crippen MR) is 184 cm³/mol. The van der Waals surface area contributed by atoms with E-state index in [9.17, 15) is 10.1 Å². The van der Waals surface area contributed by atoms with Gasteiger partial charge in [0.05, 0.1) is 16.5 Å². The maximum atomic E-state index is 13.0. The summed E-state index contributed by atoms with van der Waals surface area (Å²) >= 11 is 1.51. The van der Waals surface area contributed by atoms with Gasteiger partial charge in [0.2, 0.25) is 0 Å². The van der Waals surface area contributed by atoms with Gasteiger partial charge in [0.1, 0.15) is 16.9 Å². The number of fused-ring (bicyclic) bond motifs is 5. The highest BCUT2D eigenvalue weighted by Gasteiger charge is 2.49. The van der Waals surface area contributed by atoms with Crippen LogP contribution in [0.5, 0.6) is 0 Å². The second kappa shape index (κ2) is 11.4. The highest BCUT2D eigenvalue weighted by Crippen LogP contribution is 2.55. The van der Waals surface area contributed by atoms with Gasteiger partial charge >= 0.3 is 0 Å². The Balaban J connectivity index is 1.31. The third kappa shape index (κ3) is 4.51. The Kier molecular flexibility index (Phi) is 7.22. The third-order valence-electron chi connectivity index (χ3n) is 10.6. The zero-order chi connectivity index (χ0) is 33.3. The van der Waals surface area contributed by atoms with Gasteiger partial charge in [0, 0.05) is 53.6 Å². The standard InChI is InChI=1S/C34H37N11O2S/c1-18(23-8-6-13-43(23)2)38-30-22(16-36)32(45-17-19-10-14-44(3)33(46)26(19)41-45)40-31(39-30)27-20-7-4-11-34(28(20)47-42-27)12-5-9-24-25(34)21(15-35)29(37)48-24/h10,14,16-18,23,36H,4-9,11-13,37H2,1-3H3,(H,38,39,40). The molecule has 48 heavy (non-hydrogen) atoms. The number of hydrogen-bond acceptors (Lipinski definition) is 12. The minimum atomic E-state index is -0.480. The monoisotopic (exact) mass is 663 g/mol. The number of nitrogens with zero attached hydrogens (tertiary/aromatic N) is 8. The number of nitrogens with one attached hydrogen (secondary N) is 2. The van der Waals surface area contributed by atoms with Crippen LogP contribution in [0.3, 0.4) is 0 Å². The van der Waals surface area contributed by atoms with Gasteiger partial charge in [-0.15, -0.1) is 11.3 Å². The van der Waals surface area contributed by atoms with E-state index in [-0.39, 0.29) is 11.6 Å². The van der Waals surface area contributed by atoms with Crippen molar-refractivity contribution in [2.45, 2.75) is 75.8 Å². The lowest BCUT2D eigenvalue weighted by molar-refractivity contribution is 0.265. The Hall–Kier alpha value is -4.87. The second-order valence-corrected chi connectivity index (χ2v) is 14.5. The summed E-state index contributed by atoms with van der Waals surface area (Å²) < 4.78 is 9.33. The first-order valence-corrected chi connectivity index (χ1v) is 17.3. The highest BCUT2D eigenvalue weighted by molar-refractivity contribution is 7.16. The topological polar surface area (TPSA) is 181 Å². The maximum absolute atomic E-state index is 13.0. The fraction of sp³-hybridized carbons (Fsp3) is 0.441. The van der Waals surface area contributed by atoms with Crippen molar-refractivity contribution in [2.24, 2.45) is 7.05 Å². The van der Waals surface area contributed by atoms with Crippen molar-refractivity contribution in [3.05, 3.63) is 61.7 Å². The van der Waals surface area contributed by atoms with Crippen LogP contribution >= 0.6 is 11.3 Å². The molecule has 5 aromatic rings. The lowest BCUT2D eigenvalue weighted by Gasteiger charge is -2.39. The summed E-state index contributed by atoms with van der Waals surface area (Å²) in [6, 6.07) is 4.55. The minimum absolute atomic E-state index is 0.0272. The Morgan fingerprint density at radius 3 is 2.81 bits per heavy atom. The molecule has 6 heterocycles. The molecule has 13 nitrogen and oxygen atoms in total. The fourth-order valence-electron chi connectivity index (χ4n) is 8.29. The molecular weight excluding hydrogens is 627 g/mol. The molecule has 1 saturated heterocycles. The number of nitriles is 1. The SMILES string of the molecule is CC(Nc1nc(-c2noc3c2CCCC32CCCc3sc(N)c(C#N)c32)nc(-n2cc3ccn(C)c(=O)c3n2)c1C=N)C1CCCN1C. The van der Waals surface area contributed by atoms with E-state index >= 15 is 0 Å². The number of thiophene rings is 1. The van der Waals surface area contributed by atoms with Crippen LogP contribution < -0.4 is 16.6 Å². The molecule has 8 rings (SSSR count). The quantitative estimate of drug-likeness (QED) is 0.218. The van der Waals surface area contributed by atoms with Crippen molar-refractivity contribution < 1.29 is 4.52 Å². The summed E-state index contributed by atoms with van der Waals surface area (Å²) in [5.74, 6) is 1.97. The smallest absolute Gasteiger partial charge is 0.278 e. The average molecular weight is 664 g/mol. The van der Waals surface area contributed by atoms with Crippen LogP contribution in [0.15, 0.2) is 27.8 Å². The van der Waals surface area contributed by atoms with Crippen LogP contribution in [-0.2, 0) is 25.3 Å². The molecule has 2 aliphatic carbocycles. The first-order chi connectivity index (χ1) is 23.2. The number of likely N-dealkylation sites (N-methyl/N-ethyl adjacent to an activating group) is 1. The molecule has 1 fully saturated rings. The van der Waals surface area contributed by atoms with E-state index in [1.807, 2.05) is 6.07 Å². The summed E-state index contributed by atoms with van der Waals surface area (Å²) in [5, 5.41) is 32.7. The van der Waals surface area contributed by atoms with Crippen molar-refractivity contribution in [1.29, 1.82) is 10.7 Å². The number of aromatic nitrogens is 6. The number of aryl methyl sites for hydroxylation is 2. The Bertz CT molecular complexity index is 2200. The van der Waals surface area contributed by atoms with Crippen LogP contribution in [0.4, 0.5) is 10.8 Å². The molecule has 246 valence electrons. The van der Waals surface area contributed by atoms with Crippen molar-refractivity contribution in [3.63, 3.8) is 0 Å². The molecule has 0 saturated carbocycles. The van der Waals surface area contributed by atoms with Gasteiger partial charge in [-0.1, -0.05) is 5.16 Å². The molecular formula is C34H37N11O2S. The van der Waals surface area contributed by atoms with Crippen LogP contribution in [0, 0.1) is 16.7 Å². The first kappa shape index (κ1) is 30.5. The molecule has 0 bridgehead atoms. The molecule has 5 aromatic heterocycles. The van der Waals surface area contributed by atoms with E-state index < -0.39 is 5.41 Å². The summed E-state index contributed by atoms with van der Waals surface area (Å²) in [7, 11) is 3.82. The van der Waals surface area contributed by atoms with E-state index in [2.05, 4.69) is 40.5 Å². The third-order valence-corrected chi connectivity index (χ3v) is 11.7. The maximum Gasteiger partial charge on any atom is 0.278 e. The predicted octanol–water partition coefficient (Wildman–Crippen LogP) is 4.54. The molecule has 3 unspecified atom stereocenters. The lowest BCUT2D eigenvalue weighted by Crippen LogP contribution is -2.39. The molecule has 3 atom stereocenters. The Labute approximate surface area is 280 Å². The number of hydrogen-bond donors (Lipinski definition) is 3. The van der Waals surface area contributed by atoms with Gasteiger partial charge in [0.25, 0.3) is 5.56 Å². The number of rotatable bonds is 6. The number of anilines is 2. The molecule has 4 N–H and O–H groups in total. The van der Waals surface area contributed by atoms with Crippen molar-refractivity contribution in [2.75, 3.05) is 24.6 Å². The van der Waals surface area contributed by atoms with Gasteiger partial charge in [0.15, 0.2) is 28.6 Å². The molecule has 0 amide bonds. The van der Waals surface area contributed by atoms with Crippen molar-refractivity contribution >= 4 is 39.3 Å². The van der Waals surface area contributed by atoms with Crippen molar-refractivity contribution in [3.8, 4) is 23.4 Å². The Morgan fingerprint density at radius 2 is 2.06 bits per heavy atom. The normalized spacial score (nSPS) is 21.2. The molecule has 1 spiro atoms. The average Bonchev–Trinajstić information content (AvgIpc) is 3.88. The van der Waals surface area contributed by atoms with Gasteiger partial charge in [-0.2, -0.15) is 10.4 Å². The van der Waals surface area contributed by atoms with Crippen LogP contribution in [0.2, 0.25) is 0 Å². The van der Waals surface area contributed by atoms with Gasteiger partial charge < -0.3 is 30.4 Å². The number of nitrogen functional groups attached to an aromatic ring is 1. The summed E-state index contributed by atoms with van der Waals surface area (Å²) in [4.78, 5) is 26.5. The zero-order valence-electron chi connectivity index (χ0n) is 27.2. The van der Waals surface area contributed by atoms with Gasteiger partial charge in [-0.05, 0) is 83.5 Å². The fourth-order valence-corrected chi connectivity index (χ4v) is 9.45. The van der Waals surface area contributed by atoms with Crippen molar-refractivity contribution in [1.82, 2.24) is 34.4 Å². The van der Waals surface area contributed by atoms with E-state index in [1.54, 1.807) is 24.1 Å². The molecule has 3 aliphatic rings. The first-order valence-electron chi connectivity index (χ1n) is 16.5.